The normalized spacial score (nSPS) is 15.5. The van der Waals surface area contributed by atoms with Gasteiger partial charge in [-0.05, 0) is 60.4 Å². The highest BCUT2D eigenvalue weighted by Gasteiger charge is 2.43. The predicted molar refractivity (Wildman–Crippen MR) is 126 cm³/mol. The van der Waals surface area contributed by atoms with Crippen molar-refractivity contribution in [2.75, 3.05) is 4.90 Å². The zero-order chi connectivity index (χ0) is 21.7. The van der Waals surface area contributed by atoms with Gasteiger partial charge in [-0.2, -0.15) is 0 Å². The van der Waals surface area contributed by atoms with Crippen molar-refractivity contribution in [1.29, 1.82) is 0 Å². The monoisotopic (exact) mass is 473 g/mol. The molecule has 154 valence electrons. The summed E-state index contributed by atoms with van der Waals surface area (Å²) in [5.41, 5.74) is 4.48. The van der Waals surface area contributed by atoms with Crippen molar-refractivity contribution in [2.45, 2.75) is 26.3 Å². The van der Waals surface area contributed by atoms with Crippen LogP contribution in [-0.4, -0.2) is 5.91 Å². The summed E-state index contributed by atoms with van der Waals surface area (Å²) in [5, 5.41) is 0.460. The number of nitrogens with zero attached hydrogens (tertiary/aromatic N) is 1. The molecule has 4 nitrogen and oxygen atoms in total. The number of rotatable bonds is 3. The van der Waals surface area contributed by atoms with E-state index in [0.29, 0.717) is 16.5 Å². The van der Waals surface area contributed by atoms with E-state index in [1.54, 1.807) is 23.1 Å². The maximum Gasteiger partial charge on any atom is 0.295 e. The van der Waals surface area contributed by atoms with Crippen LogP contribution in [0.2, 0.25) is 0 Å². The Kier molecular flexibility index (Phi) is 4.78. The lowest BCUT2D eigenvalue weighted by Crippen LogP contribution is -2.29. The molecular weight excluding hydrogens is 454 g/mol. The van der Waals surface area contributed by atoms with Gasteiger partial charge in [0, 0.05) is 10.2 Å². The minimum absolute atomic E-state index is 0.117. The highest BCUT2D eigenvalue weighted by molar-refractivity contribution is 9.10. The minimum atomic E-state index is -0.546. The molecule has 5 rings (SSSR count). The van der Waals surface area contributed by atoms with Crippen molar-refractivity contribution in [3.63, 3.8) is 0 Å². The molecule has 4 aromatic rings. The van der Waals surface area contributed by atoms with Crippen molar-refractivity contribution >= 4 is 38.5 Å². The number of aryl methyl sites for hydroxylation is 2. The van der Waals surface area contributed by atoms with Crippen LogP contribution in [0, 0.1) is 6.92 Å². The van der Waals surface area contributed by atoms with Crippen molar-refractivity contribution in [3.05, 3.63) is 109 Å². The number of amides is 1. The minimum Gasteiger partial charge on any atom is -0.450 e. The number of anilines is 1. The lowest BCUT2D eigenvalue weighted by Gasteiger charge is -2.25. The first-order chi connectivity index (χ1) is 15.0. The van der Waals surface area contributed by atoms with E-state index >= 15 is 0 Å². The SMILES string of the molecule is CCc1ccc(C2c3c(oc4ccc(Br)cc4c3=O)C(=O)N2c2cccc(C)c2)cc1. The van der Waals surface area contributed by atoms with Crippen molar-refractivity contribution < 1.29 is 9.21 Å². The summed E-state index contributed by atoms with van der Waals surface area (Å²) >= 11 is 3.43. The number of carbonyl (C=O) groups is 1. The summed E-state index contributed by atoms with van der Waals surface area (Å²) < 4.78 is 6.81. The molecule has 3 aromatic carbocycles. The smallest absolute Gasteiger partial charge is 0.295 e. The highest BCUT2D eigenvalue weighted by Crippen LogP contribution is 2.41. The number of fused-ring (bicyclic) bond motifs is 2. The molecule has 1 aliphatic heterocycles. The van der Waals surface area contributed by atoms with Crippen LogP contribution in [0.3, 0.4) is 0 Å². The molecule has 1 aliphatic rings. The van der Waals surface area contributed by atoms with Gasteiger partial charge < -0.3 is 4.42 Å². The van der Waals surface area contributed by atoms with Crippen LogP contribution >= 0.6 is 15.9 Å². The molecule has 1 unspecified atom stereocenters. The van der Waals surface area contributed by atoms with Gasteiger partial charge >= 0.3 is 0 Å². The molecule has 0 bridgehead atoms. The third-order valence-corrected chi connectivity index (χ3v) is 6.31. The average molecular weight is 474 g/mol. The van der Waals surface area contributed by atoms with Crippen LogP contribution in [0.25, 0.3) is 11.0 Å². The molecule has 0 radical (unpaired) electrons. The van der Waals surface area contributed by atoms with E-state index in [2.05, 4.69) is 22.9 Å². The van der Waals surface area contributed by atoms with Gasteiger partial charge in [-0.15, -0.1) is 0 Å². The highest BCUT2D eigenvalue weighted by atomic mass is 79.9. The molecule has 5 heteroatoms. The van der Waals surface area contributed by atoms with E-state index in [4.69, 9.17) is 4.42 Å². The third kappa shape index (κ3) is 3.20. The van der Waals surface area contributed by atoms with Gasteiger partial charge in [-0.25, -0.2) is 0 Å². The molecule has 0 fully saturated rings. The van der Waals surface area contributed by atoms with Gasteiger partial charge in [0.15, 0.2) is 5.43 Å². The molecule has 2 heterocycles. The Morgan fingerprint density at radius 3 is 2.48 bits per heavy atom. The van der Waals surface area contributed by atoms with E-state index in [9.17, 15) is 9.59 Å². The van der Waals surface area contributed by atoms with Crippen molar-refractivity contribution in [1.82, 2.24) is 0 Å². The molecule has 31 heavy (non-hydrogen) atoms. The maximum absolute atomic E-state index is 13.6. The van der Waals surface area contributed by atoms with Gasteiger partial charge in [0.05, 0.1) is 17.0 Å². The molecule has 0 saturated heterocycles. The Bertz CT molecular complexity index is 1390. The van der Waals surface area contributed by atoms with Crippen LogP contribution < -0.4 is 10.3 Å². The van der Waals surface area contributed by atoms with Gasteiger partial charge in [-0.1, -0.05) is 59.3 Å². The maximum atomic E-state index is 13.6. The fourth-order valence-corrected chi connectivity index (χ4v) is 4.60. The Labute approximate surface area is 188 Å². The van der Waals surface area contributed by atoms with Crippen LogP contribution in [0.1, 0.15) is 45.8 Å². The molecule has 1 amide bonds. The number of halogens is 1. The molecule has 0 aliphatic carbocycles. The summed E-state index contributed by atoms with van der Waals surface area (Å²) in [6.45, 7) is 4.08. The fourth-order valence-electron chi connectivity index (χ4n) is 4.24. The zero-order valence-electron chi connectivity index (χ0n) is 17.2. The largest absolute Gasteiger partial charge is 0.450 e. The first kappa shape index (κ1) is 19.8. The van der Waals surface area contributed by atoms with Crippen LogP contribution in [0.4, 0.5) is 5.69 Å². The molecule has 1 atom stereocenters. The van der Waals surface area contributed by atoms with Gasteiger partial charge in [0.2, 0.25) is 5.76 Å². The summed E-state index contributed by atoms with van der Waals surface area (Å²) in [6, 6.07) is 20.6. The first-order valence-electron chi connectivity index (χ1n) is 10.2. The quantitative estimate of drug-likeness (QED) is 0.357. The second kappa shape index (κ2) is 7.50. The second-order valence-electron chi connectivity index (χ2n) is 7.83. The molecular formula is C26H20BrNO3. The Hall–Kier alpha value is -3.18. The van der Waals surface area contributed by atoms with E-state index in [0.717, 1.165) is 27.7 Å². The van der Waals surface area contributed by atoms with E-state index < -0.39 is 6.04 Å². The van der Waals surface area contributed by atoms with Crippen molar-refractivity contribution in [3.8, 4) is 0 Å². The van der Waals surface area contributed by atoms with Gasteiger partial charge in [0.1, 0.15) is 5.58 Å². The Balaban J connectivity index is 1.80. The standard InChI is InChI=1S/C26H20BrNO3/c1-3-16-7-9-17(10-8-16)23-22-24(29)20-14-18(27)11-12-21(20)31-25(22)26(30)28(23)19-6-4-5-15(2)13-19/h4-14,23H,3H2,1-2H3. The van der Waals surface area contributed by atoms with E-state index in [1.807, 2.05) is 55.5 Å². The van der Waals surface area contributed by atoms with Crippen LogP contribution in [0.15, 0.2) is 80.4 Å². The third-order valence-electron chi connectivity index (χ3n) is 5.82. The number of hydrogen-bond donors (Lipinski definition) is 0. The summed E-state index contributed by atoms with van der Waals surface area (Å²) in [4.78, 5) is 28.8. The van der Waals surface area contributed by atoms with Crippen LogP contribution in [0.5, 0.6) is 0 Å². The van der Waals surface area contributed by atoms with Crippen molar-refractivity contribution in [2.24, 2.45) is 0 Å². The summed E-state index contributed by atoms with van der Waals surface area (Å²) in [5.74, 6) is -0.182. The molecule has 1 aromatic heterocycles. The van der Waals surface area contributed by atoms with Gasteiger partial charge in [-0.3, -0.25) is 14.5 Å². The number of benzene rings is 3. The second-order valence-corrected chi connectivity index (χ2v) is 8.74. The first-order valence-corrected chi connectivity index (χ1v) is 11.0. The summed E-state index contributed by atoms with van der Waals surface area (Å²) in [6.07, 6.45) is 0.920. The lowest BCUT2D eigenvalue weighted by molar-refractivity contribution is 0.0971. The Morgan fingerprint density at radius 1 is 1.00 bits per heavy atom. The molecule has 0 saturated carbocycles. The average Bonchev–Trinajstić information content (AvgIpc) is 3.07. The van der Waals surface area contributed by atoms with Gasteiger partial charge in [0.25, 0.3) is 5.91 Å². The topological polar surface area (TPSA) is 50.5 Å². The zero-order valence-corrected chi connectivity index (χ0v) is 18.8. The predicted octanol–water partition coefficient (Wildman–Crippen LogP) is 6.18. The van der Waals surface area contributed by atoms with Crippen LogP contribution in [-0.2, 0) is 6.42 Å². The summed E-state index contributed by atoms with van der Waals surface area (Å²) in [7, 11) is 0. The number of hydrogen-bond acceptors (Lipinski definition) is 3. The lowest BCUT2D eigenvalue weighted by atomic mass is 9.97. The van der Waals surface area contributed by atoms with E-state index in [-0.39, 0.29) is 17.1 Å². The number of carbonyl (C=O) groups excluding carboxylic acids is 1. The van der Waals surface area contributed by atoms with E-state index in [1.165, 1.54) is 5.56 Å². The molecule has 0 spiro atoms. The Morgan fingerprint density at radius 2 is 1.77 bits per heavy atom. The molecule has 0 N–H and O–H groups in total. The fraction of sp³-hybridized carbons (Fsp3) is 0.154.